The smallest absolute Gasteiger partial charge is 0.261 e. The molecule has 3 rings (SSSR count). The van der Waals surface area contributed by atoms with Gasteiger partial charge in [-0.05, 0) is 37.5 Å². The summed E-state index contributed by atoms with van der Waals surface area (Å²) < 4.78 is 29.7. The molecule has 2 aliphatic rings. The molecule has 1 amide bonds. The number of ether oxygens (including phenoxy) is 1. The number of amides is 1. The van der Waals surface area contributed by atoms with Gasteiger partial charge in [-0.2, -0.15) is 0 Å². The van der Waals surface area contributed by atoms with Crippen LogP contribution in [0, 0.1) is 0 Å². The number of nitrogens with zero attached hydrogens (tertiary/aromatic N) is 1. The Kier molecular flexibility index (Phi) is 4.96. The summed E-state index contributed by atoms with van der Waals surface area (Å²) in [5.41, 5.74) is 0.360. The Hall–Kier alpha value is -1.41. The van der Waals surface area contributed by atoms with E-state index < -0.39 is 9.84 Å². The molecule has 0 N–H and O–H groups in total. The maximum atomic E-state index is 12.6. The van der Waals surface area contributed by atoms with E-state index in [0.29, 0.717) is 24.0 Å². The molecule has 2 fully saturated rings. The Labute approximate surface area is 149 Å². The van der Waals surface area contributed by atoms with Crippen LogP contribution in [0.3, 0.4) is 0 Å². The van der Waals surface area contributed by atoms with Gasteiger partial charge >= 0.3 is 0 Å². The van der Waals surface area contributed by atoms with Crippen molar-refractivity contribution in [3.8, 4) is 5.75 Å². The van der Waals surface area contributed by atoms with Crippen LogP contribution >= 0.6 is 15.9 Å². The number of carbonyl (C=O) groups is 2. The van der Waals surface area contributed by atoms with E-state index in [1.807, 2.05) is 0 Å². The monoisotopic (exact) mass is 415 g/mol. The van der Waals surface area contributed by atoms with Gasteiger partial charge in [-0.15, -0.1) is 0 Å². The molecule has 1 aliphatic carbocycles. The first-order valence-electron chi connectivity index (χ1n) is 7.79. The number of aldehydes is 1. The highest BCUT2D eigenvalue weighted by molar-refractivity contribution is 9.10. The van der Waals surface area contributed by atoms with Crippen molar-refractivity contribution in [3.05, 3.63) is 28.2 Å². The Bertz CT molecular complexity index is 760. The second-order valence-electron chi connectivity index (χ2n) is 6.18. The predicted octanol–water partition coefficient (Wildman–Crippen LogP) is 1.82. The number of hydrogen-bond acceptors (Lipinski definition) is 5. The minimum atomic E-state index is -3.05. The topological polar surface area (TPSA) is 80.8 Å². The maximum Gasteiger partial charge on any atom is 0.261 e. The minimum absolute atomic E-state index is 0.0348. The second kappa shape index (κ2) is 6.84. The van der Waals surface area contributed by atoms with Crippen LogP contribution in [0.25, 0.3) is 0 Å². The average molecular weight is 416 g/mol. The van der Waals surface area contributed by atoms with Crippen molar-refractivity contribution in [2.45, 2.75) is 31.3 Å². The molecule has 0 aromatic heterocycles. The Morgan fingerprint density at radius 2 is 2.04 bits per heavy atom. The van der Waals surface area contributed by atoms with Crippen molar-refractivity contribution in [2.24, 2.45) is 0 Å². The van der Waals surface area contributed by atoms with E-state index in [-0.39, 0.29) is 36.1 Å². The summed E-state index contributed by atoms with van der Waals surface area (Å²) in [6, 6.07) is 4.84. The molecule has 1 saturated heterocycles. The van der Waals surface area contributed by atoms with Crippen LogP contribution in [-0.2, 0) is 14.6 Å². The van der Waals surface area contributed by atoms with Crippen molar-refractivity contribution in [1.82, 2.24) is 4.90 Å². The van der Waals surface area contributed by atoms with E-state index in [1.165, 1.54) is 0 Å². The van der Waals surface area contributed by atoms with Crippen LogP contribution in [0.4, 0.5) is 0 Å². The molecule has 1 aliphatic heterocycles. The van der Waals surface area contributed by atoms with E-state index in [9.17, 15) is 18.0 Å². The normalized spacial score (nSPS) is 22.1. The lowest BCUT2D eigenvalue weighted by molar-refractivity contribution is -0.135. The highest BCUT2D eigenvalue weighted by Crippen LogP contribution is 2.32. The van der Waals surface area contributed by atoms with Crippen LogP contribution in [0.2, 0.25) is 0 Å². The van der Waals surface area contributed by atoms with Crippen molar-refractivity contribution in [1.29, 1.82) is 0 Å². The van der Waals surface area contributed by atoms with Crippen molar-refractivity contribution in [2.75, 3.05) is 18.1 Å². The second-order valence-corrected chi connectivity index (χ2v) is 9.32. The first kappa shape index (κ1) is 17.4. The molecule has 1 heterocycles. The van der Waals surface area contributed by atoms with Gasteiger partial charge in [0.1, 0.15) is 5.75 Å². The third-order valence-corrected chi connectivity index (χ3v) is 6.52. The largest absolute Gasteiger partial charge is 0.483 e. The zero-order chi connectivity index (χ0) is 17.3. The lowest BCUT2D eigenvalue weighted by Crippen LogP contribution is -2.45. The summed E-state index contributed by atoms with van der Waals surface area (Å²) >= 11 is 3.28. The maximum absolute atomic E-state index is 12.6. The van der Waals surface area contributed by atoms with Crippen molar-refractivity contribution < 1.29 is 22.7 Å². The van der Waals surface area contributed by atoms with Gasteiger partial charge in [0, 0.05) is 16.6 Å². The molecule has 6 nitrogen and oxygen atoms in total. The van der Waals surface area contributed by atoms with Gasteiger partial charge in [0.05, 0.1) is 17.1 Å². The molecule has 0 radical (unpaired) electrons. The first-order chi connectivity index (χ1) is 11.4. The van der Waals surface area contributed by atoms with Crippen molar-refractivity contribution in [3.63, 3.8) is 0 Å². The van der Waals surface area contributed by atoms with E-state index in [2.05, 4.69) is 15.9 Å². The van der Waals surface area contributed by atoms with E-state index in [0.717, 1.165) is 17.3 Å². The molecule has 1 saturated carbocycles. The minimum Gasteiger partial charge on any atom is -0.483 e. The van der Waals surface area contributed by atoms with Crippen LogP contribution in [0.1, 0.15) is 29.6 Å². The predicted molar refractivity (Wildman–Crippen MR) is 92.0 cm³/mol. The number of sulfone groups is 1. The Balaban J connectivity index is 1.68. The van der Waals surface area contributed by atoms with Crippen molar-refractivity contribution >= 4 is 38.0 Å². The molecule has 0 unspecified atom stereocenters. The van der Waals surface area contributed by atoms with Crippen LogP contribution in [0.15, 0.2) is 22.7 Å². The Morgan fingerprint density at radius 3 is 2.62 bits per heavy atom. The number of benzene rings is 1. The van der Waals surface area contributed by atoms with E-state index in [4.69, 9.17) is 4.74 Å². The summed E-state index contributed by atoms with van der Waals surface area (Å²) in [6.45, 7) is -0.199. The molecular formula is C16H18BrNO5S. The summed E-state index contributed by atoms with van der Waals surface area (Å²) in [6.07, 6.45) is 2.97. The number of halogens is 1. The summed E-state index contributed by atoms with van der Waals surface area (Å²) in [7, 11) is -3.05. The van der Waals surface area contributed by atoms with E-state index in [1.54, 1.807) is 23.1 Å². The zero-order valence-corrected chi connectivity index (χ0v) is 15.4. The summed E-state index contributed by atoms with van der Waals surface area (Å²) in [4.78, 5) is 25.3. The quantitative estimate of drug-likeness (QED) is 0.661. The SMILES string of the molecule is O=Cc1cc(Br)ccc1OCC(=O)N(C1CC1)[C@H]1CCS(=O)(=O)C1. The van der Waals surface area contributed by atoms with Gasteiger partial charge < -0.3 is 9.64 Å². The van der Waals surface area contributed by atoms with Gasteiger partial charge in [0.2, 0.25) is 0 Å². The molecule has 1 aromatic rings. The lowest BCUT2D eigenvalue weighted by atomic mass is 10.2. The van der Waals surface area contributed by atoms with E-state index >= 15 is 0 Å². The summed E-state index contributed by atoms with van der Waals surface area (Å²) in [5, 5.41) is 0. The van der Waals surface area contributed by atoms with Gasteiger partial charge in [-0.3, -0.25) is 9.59 Å². The average Bonchev–Trinajstić information content (AvgIpc) is 3.29. The van der Waals surface area contributed by atoms with Crippen LogP contribution in [0.5, 0.6) is 5.75 Å². The lowest BCUT2D eigenvalue weighted by Gasteiger charge is -2.28. The molecule has 24 heavy (non-hydrogen) atoms. The molecule has 0 bridgehead atoms. The number of rotatable bonds is 6. The zero-order valence-electron chi connectivity index (χ0n) is 13.0. The standard InChI is InChI=1S/C16H18BrNO5S/c17-12-1-4-15(11(7-12)8-19)23-9-16(20)18(13-2-3-13)14-5-6-24(21,22)10-14/h1,4,7-8,13-14H,2-3,5-6,9-10H2/t14-/m0/s1. The molecule has 0 spiro atoms. The number of hydrogen-bond donors (Lipinski definition) is 0. The fraction of sp³-hybridized carbons (Fsp3) is 0.500. The molecule has 1 aromatic carbocycles. The van der Waals surface area contributed by atoms with Crippen LogP contribution < -0.4 is 4.74 Å². The Morgan fingerprint density at radius 1 is 1.29 bits per heavy atom. The van der Waals surface area contributed by atoms with Crippen LogP contribution in [-0.4, -0.2) is 55.7 Å². The molecule has 1 atom stereocenters. The number of carbonyl (C=O) groups excluding carboxylic acids is 2. The third kappa shape index (κ3) is 3.97. The molecule has 8 heteroatoms. The molecule has 130 valence electrons. The third-order valence-electron chi connectivity index (χ3n) is 4.28. The highest BCUT2D eigenvalue weighted by atomic mass is 79.9. The first-order valence-corrected chi connectivity index (χ1v) is 10.4. The summed E-state index contributed by atoms with van der Waals surface area (Å²) in [5.74, 6) is 0.292. The fourth-order valence-corrected chi connectivity index (χ4v) is 5.10. The van der Waals surface area contributed by atoms with Gasteiger partial charge in [-0.1, -0.05) is 15.9 Å². The van der Waals surface area contributed by atoms with Gasteiger partial charge in [-0.25, -0.2) is 8.42 Å². The van der Waals surface area contributed by atoms with Gasteiger partial charge in [0.25, 0.3) is 5.91 Å². The highest BCUT2D eigenvalue weighted by Gasteiger charge is 2.42. The fourth-order valence-electron chi connectivity index (χ4n) is 3.01. The molecular weight excluding hydrogens is 398 g/mol. The van der Waals surface area contributed by atoms with Gasteiger partial charge in [0.15, 0.2) is 22.7 Å².